The molecule has 0 aromatic heterocycles. The van der Waals surface area contributed by atoms with E-state index in [1.807, 2.05) is 45.9 Å². The molecule has 3 aromatic rings. The summed E-state index contributed by atoms with van der Waals surface area (Å²) in [6, 6.07) is 21.1. The normalized spacial score (nSPS) is 13.5. The monoisotopic (exact) mass is 892 g/mol. The number of hydrogen-bond acceptors (Lipinski definition) is 6. The van der Waals surface area contributed by atoms with Crippen molar-refractivity contribution in [2.45, 2.75) is 109 Å². The van der Waals surface area contributed by atoms with Crippen LogP contribution in [-0.4, -0.2) is 49.8 Å². The molecule has 0 spiro atoms. The Balaban J connectivity index is 1.28. The molecular weight excluding hydrogens is 836 g/mol. The lowest BCUT2D eigenvalue weighted by molar-refractivity contribution is -0.143. The number of anilines is 2. The van der Waals surface area contributed by atoms with Crippen molar-refractivity contribution in [3.05, 3.63) is 91.9 Å². The molecule has 4 rings (SSSR count). The first kappa shape index (κ1) is 44.2. The minimum absolute atomic E-state index is 0.0868. The van der Waals surface area contributed by atoms with E-state index in [0.717, 1.165) is 74.6 Å². The Morgan fingerprint density at radius 3 is 1.76 bits per heavy atom. The molecule has 0 bridgehead atoms. The third-order valence-electron chi connectivity index (χ3n) is 9.66. The number of nitrogens with zero attached hydrogens (tertiary/aromatic N) is 2. The lowest BCUT2D eigenvalue weighted by atomic mass is 10.1. The number of carbonyl (C=O) groups is 1. The van der Waals surface area contributed by atoms with Crippen molar-refractivity contribution in [1.29, 1.82) is 0 Å². The van der Waals surface area contributed by atoms with Gasteiger partial charge in [0, 0.05) is 79.6 Å². The predicted octanol–water partition coefficient (Wildman–Crippen LogP) is 13.1. The van der Waals surface area contributed by atoms with Gasteiger partial charge in [0.2, 0.25) is 0 Å². The van der Waals surface area contributed by atoms with Gasteiger partial charge in [-0.1, -0.05) is 104 Å². The fourth-order valence-corrected chi connectivity index (χ4v) is 10.3. The van der Waals surface area contributed by atoms with Crippen LogP contribution in [0.25, 0.3) is 0 Å². The molecule has 1 aliphatic heterocycles. The maximum Gasteiger partial charge on any atom is 0.305 e. The van der Waals surface area contributed by atoms with Gasteiger partial charge in [0.25, 0.3) is 0 Å². The van der Waals surface area contributed by atoms with E-state index in [9.17, 15) is 4.79 Å². The molecule has 1 unspecified atom stereocenters. The molecule has 0 amide bonds. The highest BCUT2D eigenvalue weighted by Gasteiger charge is 2.16. The summed E-state index contributed by atoms with van der Waals surface area (Å²) in [6.45, 7) is 10.8. The minimum Gasteiger partial charge on any atom is -0.464 e. The number of esters is 1. The number of ether oxygens (including phenoxy) is 1. The van der Waals surface area contributed by atoms with Crippen molar-refractivity contribution in [3.63, 3.8) is 0 Å². The van der Waals surface area contributed by atoms with Crippen LogP contribution in [0.1, 0.15) is 126 Å². The van der Waals surface area contributed by atoms with Gasteiger partial charge in [-0.15, -0.1) is 0 Å². The Hall–Kier alpha value is -2.49. The lowest BCUT2D eigenvalue weighted by Crippen LogP contribution is -2.28. The fraction of sp³-hybridized carbons (Fsp3) is 0.500. The molecule has 0 radical (unpaired) electrons. The van der Waals surface area contributed by atoms with E-state index in [1.165, 1.54) is 75.6 Å². The second-order valence-corrected chi connectivity index (χ2v) is 18.4. The number of rotatable bonds is 21. The first-order chi connectivity index (χ1) is 26.4. The molecule has 290 valence electrons. The molecule has 1 fully saturated rings. The van der Waals surface area contributed by atoms with Crippen molar-refractivity contribution < 1.29 is 9.53 Å². The Morgan fingerprint density at radius 1 is 0.704 bits per heavy atom. The second kappa shape index (κ2) is 25.6. The quantitative estimate of drug-likeness (QED) is 0.0459. The molecule has 4 nitrogen and oxygen atoms in total. The summed E-state index contributed by atoms with van der Waals surface area (Å²) in [5, 5.41) is 0.768. The number of likely N-dealkylation sites (N-methyl/N-ethyl adjacent to an activating group) is 1. The summed E-state index contributed by atoms with van der Waals surface area (Å²) in [6.07, 6.45) is 15.3. The SMILES string of the molecule is CCCCCCN(CCCCCC)c1ccc(C#Cc2cc(Br)c(C#Cc3ccc(N(CC)CCOC(=O)CCCCC4CCSS4)cc3)cc2Br)cc1. The van der Waals surface area contributed by atoms with E-state index in [-0.39, 0.29) is 5.97 Å². The van der Waals surface area contributed by atoms with Crippen molar-refractivity contribution >= 4 is 70.8 Å². The predicted molar refractivity (Wildman–Crippen MR) is 243 cm³/mol. The number of halogens is 2. The fourth-order valence-electron chi connectivity index (χ4n) is 6.37. The summed E-state index contributed by atoms with van der Waals surface area (Å²) in [7, 11) is 3.98. The van der Waals surface area contributed by atoms with Gasteiger partial charge in [-0.05, 0) is 132 Å². The molecular formula is C46H58Br2N2O2S2. The molecule has 8 heteroatoms. The van der Waals surface area contributed by atoms with Crippen LogP contribution in [-0.2, 0) is 9.53 Å². The number of carbonyl (C=O) groups excluding carboxylic acids is 1. The highest BCUT2D eigenvalue weighted by molar-refractivity contribution is 9.11. The molecule has 1 aliphatic rings. The van der Waals surface area contributed by atoms with Gasteiger partial charge in [0.15, 0.2) is 0 Å². The Labute approximate surface area is 351 Å². The van der Waals surface area contributed by atoms with E-state index < -0.39 is 0 Å². The first-order valence-electron chi connectivity index (χ1n) is 20.1. The Kier molecular flexibility index (Phi) is 21.0. The van der Waals surface area contributed by atoms with Gasteiger partial charge < -0.3 is 14.5 Å². The van der Waals surface area contributed by atoms with Gasteiger partial charge in [0.05, 0.1) is 6.54 Å². The van der Waals surface area contributed by atoms with Gasteiger partial charge in [-0.2, -0.15) is 0 Å². The van der Waals surface area contributed by atoms with Crippen LogP contribution in [0.15, 0.2) is 69.6 Å². The highest BCUT2D eigenvalue weighted by atomic mass is 79.9. The summed E-state index contributed by atoms with van der Waals surface area (Å²) < 4.78 is 7.39. The third kappa shape index (κ3) is 15.9. The average molecular weight is 895 g/mol. The van der Waals surface area contributed by atoms with Crippen LogP contribution in [0, 0.1) is 23.7 Å². The summed E-state index contributed by atoms with van der Waals surface area (Å²) in [5.74, 6) is 14.5. The molecule has 1 saturated heterocycles. The lowest BCUT2D eigenvalue weighted by Gasteiger charge is -2.25. The number of benzene rings is 3. The van der Waals surface area contributed by atoms with Crippen LogP contribution in [0.2, 0.25) is 0 Å². The van der Waals surface area contributed by atoms with Crippen molar-refractivity contribution in [2.75, 3.05) is 48.3 Å². The smallest absolute Gasteiger partial charge is 0.305 e. The molecule has 54 heavy (non-hydrogen) atoms. The van der Waals surface area contributed by atoms with Gasteiger partial charge >= 0.3 is 5.97 Å². The maximum atomic E-state index is 12.3. The zero-order chi connectivity index (χ0) is 38.4. The topological polar surface area (TPSA) is 32.8 Å². The van der Waals surface area contributed by atoms with Gasteiger partial charge in [-0.3, -0.25) is 4.79 Å². The summed E-state index contributed by atoms with van der Waals surface area (Å²) in [4.78, 5) is 17.0. The van der Waals surface area contributed by atoms with E-state index in [0.29, 0.717) is 19.6 Å². The Bertz CT molecular complexity index is 1670. The highest BCUT2D eigenvalue weighted by Crippen LogP contribution is 2.40. The van der Waals surface area contributed by atoms with Crippen molar-refractivity contribution in [1.82, 2.24) is 0 Å². The van der Waals surface area contributed by atoms with Crippen molar-refractivity contribution in [3.8, 4) is 23.7 Å². The van der Waals surface area contributed by atoms with Crippen LogP contribution in [0.4, 0.5) is 11.4 Å². The van der Waals surface area contributed by atoms with Crippen molar-refractivity contribution in [2.24, 2.45) is 0 Å². The second-order valence-electron chi connectivity index (χ2n) is 13.9. The summed E-state index contributed by atoms with van der Waals surface area (Å²) in [5.41, 5.74) is 6.14. The largest absolute Gasteiger partial charge is 0.464 e. The van der Waals surface area contributed by atoms with E-state index >= 15 is 0 Å². The van der Waals surface area contributed by atoms with Crippen LogP contribution >= 0.6 is 53.4 Å². The zero-order valence-electron chi connectivity index (χ0n) is 32.6. The standard InChI is InChI=1S/C46H58Br2N2O2S2/c1-4-7-9-13-30-50(31-14-10-8-5-2)42-27-21-38(22-28-42)18-24-40-36-44(47)39(35-45(40)48)23-17-37-19-25-41(26-20-37)49(6-3)32-33-52-46(51)16-12-11-15-43-29-34-53-54-43/h19-22,25-28,35-36,43H,4-16,29-34H2,1-3H3. The van der Waals surface area contributed by atoms with Crippen LogP contribution < -0.4 is 9.80 Å². The van der Waals surface area contributed by atoms with Gasteiger partial charge in [0.1, 0.15) is 6.61 Å². The average Bonchev–Trinajstić information content (AvgIpc) is 3.71. The molecule has 0 saturated carbocycles. The van der Waals surface area contributed by atoms with E-state index in [4.69, 9.17) is 4.74 Å². The molecule has 1 atom stereocenters. The van der Waals surface area contributed by atoms with E-state index in [1.54, 1.807) is 0 Å². The first-order valence-corrected chi connectivity index (χ1v) is 24.0. The summed E-state index contributed by atoms with van der Waals surface area (Å²) >= 11 is 7.47. The zero-order valence-corrected chi connectivity index (χ0v) is 37.4. The number of hydrogen-bond donors (Lipinski definition) is 0. The molecule has 0 aliphatic carbocycles. The Morgan fingerprint density at radius 2 is 1.26 bits per heavy atom. The third-order valence-corrected chi connectivity index (χ3v) is 14.0. The van der Waals surface area contributed by atoms with Gasteiger partial charge in [-0.25, -0.2) is 0 Å². The molecule has 1 heterocycles. The van der Waals surface area contributed by atoms with Crippen LogP contribution in [0.3, 0.4) is 0 Å². The van der Waals surface area contributed by atoms with E-state index in [2.05, 4.69) is 123 Å². The molecule has 0 N–H and O–H groups in total. The van der Waals surface area contributed by atoms with Crippen LogP contribution in [0.5, 0.6) is 0 Å². The minimum atomic E-state index is -0.0868. The maximum absolute atomic E-state index is 12.3. The molecule has 3 aromatic carbocycles. The number of unbranched alkanes of at least 4 members (excludes halogenated alkanes) is 7.